The first-order valence-electron chi connectivity index (χ1n) is 12.7. The standard InChI is InChI=1S/C26H38N6O3S/c1-19-16-23(32(28-19)20-8-6-5-7-9-20)30-13-11-29(12-14-30)21-17-22(24(33)27-10-15-36)31(18-21)25(34)35-26(2,3)4/h5-9,16,21-22,36H,10-15,17-18H2,1-4H3,(H,27,33)/t21-,22+/m1/s1. The van der Waals surface area contributed by atoms with E-state index in [2.05, 4.69) is 45.9 Å². The highest BCUT2D eigenvalue weighted by molar-refractivity contribution is 7.80. The van der Waals surface area contributed by atoms with E-state index in [9.17, 15) is 9.59 Å². The summed E-state index contributed by atoms with van der Waals surface area (Å²) >= 11 is 4.19. The molecule has 9 nitrogen and oxygen atoms in total. The van der Waals surface area contributed by atoms with E-state index >= 15 is 0 Å². The fraction of sp³-hybridized carbons (Fsp3) is 0.577. The molecule has 2 aliphatic heterocycles. The summed E-state index contributed by atoms with van der Waals surface area (Å²) in [7, 11) is 0. The molecule has 36 heavy (non-hydrogen) atoms. The summed E-state index contributed by atoms with van der Waals surface area (Å²) in [5, 5.41) is 7.62. The van der Waals surface area contributed by atoms with Crippen molar-refractivity contribution in [2.24, 2.45) is 0 Å². The van der Waals surface area contributed by atoms with Gasteiger partial charge in [0.25, 0.3) is 0 Å². The number of ether oxygens (including phenoxy) is 1. The molecule has 4 rings (SSSR count). The molecular formula is C26H38N6O3S. The summed E-state index contributed by atoms with van der Waals surface area (Å²) in [6.45, 7) is 11.9. The Morgan fingerprint density at radius 1 is 1.14 bits per heavy atom. The highest BCUT2D eigenvalue weighted by Crippen LogP contribution is 2.28. The molecule has 2 aliphatic rings. The molecule has 1 aromatic carbocycles. The van der Waals surface area contributed by atoms with E-state index in [-0.39, 0.29) is 11.9 Å². The number of nitrogens with zero attached hydrogens (tertiary/aromatic N) is 5. The van der Waals surface area contributed by atoms with Crippen LogP contribution < -0.4 is 10.2 Å². The van der Waals surface area contributed by atoms with Gasteiger partial charge in [-0.1, -0.05) is 18.2 Å². The largest absolute Gasteiger partial charge is 0.444 e. The van der Waals surface area contributed by atoms with Gasteiger partial charge in [-0.05, 0) is 46.2 Å². The number of carbonyl (C=O) groups excluding carboxylic acids is 2. The first-order valence-corrected chi connectivity index (χ1v) is 13.3. The zero-order valence-corrected chi connectivity index (χ0v) is 22.6. The van der Waals surface area contributed by atoms with Gasteiger partial charge in [-0.3, -0.25) is 14.6 Å². The smallest absolute Gasteiger partial charge is 0.411 e. The SMILES string of the molecule is Cc1cc(N2CCN([C@@H]3C[C@@H](C(=O)NCCS)N(C(=O)OC(C)(C)C)C3)CC2)n(-c2ccccc2)n1. The van der Waals surface area contributed by atoms with Gasteiger partial charge in [0.05, 0.1) is 11.4 Å². The van der Waals surface area contributed by atoms with Crippen LogP contribution in [0.1, 0.15) is 32.9 Å². The van der Waals surface area contributed by atoms with Crippen molar-refractivity contribution in [2.75, 3.05) is 49.9 Å². The maximum absolute atomic E-state index is 13.0. The Labute approximate surface area is 219 Å². The number of carbonyl (C=O) groups is 2. The topological polar surface area (TPSA) is 82.9 Å². The Hall–Kier alpha value is -2.72. The van der Waals surface area contributed by atoms with E-state index in [1.54, 1.807) is 4.90 Å². The Balaban J connectivity index is 1.43. The van der Waals surface area contributed by atoms with E-state index in [1.807, 2.05) is 50.6 Å². The maximum atomic E-state index is 13.0. The Morgan fingerprint density at radius 3 is 2.47 bits per heavy atom. The number of thiol groups is 1. The van der Waals surface area contributed by atoms with Crippen LogP contribution in [-0.4, -0.2) is 94.3 Å². The highest BCUT2D eigenvalue weighted by atomic mass is 32.1. The number of rotatable bonds is 6. The summed E-state index contributed by atoms with van der Waals surface area (Å²) in [6.07, 6.45) is 0.163. The third-order valence-electron chi connectivity index (χ3n) is 6.59. The van der Waals surface area contributed by atoms with Crippen molar-refractivity contribution >= 4 is 30.4 Å². The van der Waals surface area contributed by atoms with Crippen LogP contribution in [0.2, 0.25) is 0 Å². The number of benzene rings is 1. The molecule has 2 aromatic rings. The highest BCUT2D eigenvalue weighted by Gasteiger charge is 2.43. The lowest BCUT2D eigenvalue weighted by Crippen LogP contribution is -2.51. The lowest BCUT2D eigenvalue weighted by atomic mass is 10.1. The molecule has 3 heterocycles. The van der Waals surface area contributed by atoms with Gasteiger partial charge in [-0.15, -0.1) is 0 Å². The summed E-state index contributed by atoms with van der Waals surface area (Å²) in [5.74, 6) is 1.50. The number of piperazine rings is 1. The number of anilines is 1. The monoisotopic (exact) mass is 514 g/mol. The molecule has 0 unspecified atom stereocenters. The van der Waals surface area contributed by atoms with Crippen molar-refractivity contribution < 1.29 is 14.3 Å². The molecule has 2 atom stereocenters. The quantitative estimate of drug-likeness (QED) is 0.577. The Morgan fingerprint density at radius 2 is 1.83 bits per heavy atom. The van der Waals surface area contributed by atoms with Crippen LogP contribution in [0.3, 0.4) is 0 Å². The molecular weight excluding hydrogens is 476 g/mol. The molecule has 0 radical (unpaired) electrons. The fourth-order valence-electron chi connectivity index (χ4n) is 4.93. The first kappa shape index (κ1) is 26.3. The zero-order valence-electron chi connectivity index (χ0n) is 21.7. The number of nitrogens with one attached hydrogen (secondary N) is 1. The van der Waals surface area contributed by atoms with Crippen LogP contribution >= 0.6 is 12.6 Å². The lowest BCUT2D eigenvalue weighted by molar-refractivity contribution is -0.125. The minimum Gasteiger partial charge on any atom is -0.444 e. The number of likely N-dealkylation sites (tertiary alicyclic amines) is 1. The number of aromatic nitrogens is 2. The Kier molecular flexibility index (Phi) is 8.14. The van der Waals surface area contributed by atoms with Gasteiger partial charge < -0.3 is 15.0 Å². The second kappa shape index (κ2) is 11.1. The number of para-hydroxylation sites is 1. The van der Waals surface area contributed by atoms with Gasteiger partial charge >= 0.3 is 6.09 Å². The van der Waals surface area contributed by atoms with Gasteiger partial charge in [0, 0.05) is 57.1 Å². The van der Waals surface area contributed by atoms with Crippen molar-refractivity contribution in [3.8, 4) is 5.69 Å². The van der Waals surface area contributed by atoms with E-state index < -0.39 is 17.7 Å². The van der Waals surface area contributed by atoms with Crippen LogP contribution in [0, 0.1) is 6.92 Å². The summed E-state index contributed by atoms with van der Waals surface area (Å²) in [4.78, 5) is 32.2. The van der Waals surface area contributed by atoms with Gasteiger partial charge in [-0.2, -0.15) is 17.7 Å². The zero-order chi connectivity index (χ0) is 25.9. The number of aryl methyl sites for hydroxylation is 1. The van der Waals surface area contributed by atoms with E-state index in [1.165, 1.54) is 0 Å². The maximum Gasteiger partial charge on any atom is 0.411 e. The minimum absolute atomic E-state index is 0.104. The fourth-order valence-corrected chi connectivity index (χ4v) is 5.04. The predicted octanol–water partition coefficient (Wildman–Crippen LogP) is 2.73. The van der Waals surface area contributed by atoms with Crippen molar-refractivity contribution in [1.82, 2.24) is 24.9 Å². The number of amides is 2. The van der Waals surface area contributed by atoms with Crippen molar-refractivity contribution in [3.63, 3.8) is 0 Å². The molecule has 2 saturated heterocycles. The predicted molar refractivity (Wildman–Crippen MR) is 144 cm³/mol. The third kappa shape index (κ3) is 6.15. The molecule has 0 spiro atoms. The molecule has 10 heteroatoms. The minimum atomic E-state index is -0.618. The van der Waals surface area contributed by atoms with Crippen LogP contribution in [-0.2, 0) is 9.53 Å². The van der Waals surface area contributed by atoms with Crippen LogP contribution in [0.25, 0.3) is 5.69 Å². The van der Waals surface area contributed by atoms with Crippen LogP contribution in [0.5, 0.6) is 0 Å². The van der Waals surface area contributed by atoms with Gasteiger partial charge in [0.2, 0.25) is 5.91 Å². The summed E-state index contributed by atoms with van der Waals surface area (Å²) in [5.41, 5.74) is 1.41. The molecule has 1 N–H and O–H groups in total. The second-order valence-electron chi connectivity index (χ2n) is 10.5. The lowest BCUT2D eigenvalue weighted by Gasteiger charge is -2.38. The van der Waals surface area contributed by atoms with Gasteiger partial charge in [0.15, 0.2) is 0 Å². The Bertz CT molecular complexity index is 1050. The normalized spacial score (nSPS) is 21.0. The first-order chi connectivity index (χ1) is 17.2. The van der Waals surface area contributed by atoms with E-state index in [0.717, 1.165) is 43.4 Å². The van der Waals surface area contributed by atoms with Crippen molar-refractivity contribution in [3.05, 3.63) is 42.1 Å². The molecule has 0 bridgehead atoms. The number of hydrogen-bond donors (Lipinski definition) is 2. The molecule has 0 saturated carbocycles. The van der Waals surface area contributed by atoms with Crippen LogP contribution in [0.15, 0.2) is 36.4 Å². The van der Waals surface area contributed by atoms with Crippen LogP contribution in [0.4, 0.5) is 10.6 Å². The average Bonchev–Trinajstić information content (AvgIpc) is 3.47. The summed E-state index contributed by atoms with van der Waals surface area (Å²) < 4.78 is 7.64. The summed E-state index contributed by atoms with van der Waals surface area (Å²) in [6, 6.07) is 11.9. The molecule has 2 fully saturated rings. The third-order valence-corrected chi connectivity index (χ3v) is 6.81. The molecule has 196 valence electrons. The van der Waals surface area contributed by atoms with E-state index in [0.29, 0.717) is 25.3 Å². The van der Waals surface area contributed by atoms with Gasteiger partial charge in [-0.25, -0.2) is 9.48 Å². The number of hydrogen-bond acceptors (Lipinski definition) is 7. The van der Waals surface area contributed by atoms with Gasteiger partial charge in [0.1, 0.15) is 17.5 Å². The van der Waals surface area contributed by atoms with Crippen molar-refractivity contribution in [1.29, 1.82) is 0 Å². The molecule has 0 aliphatic carbocycles. The molecule has 1 aromatic heterocycles. The average molecular weight is 515 g/mol. The molecule has 2 amide bonds. The van der Waals surface area contributed by atoms with E-state index in [4.69, 9.17) is 9.84 Å². The second-order valence-corrected chi connectivity index (χ2v) is 10.9. The van der Waals surface area contributed by atoms with Crippen molar-refractivity contribution in [2.45, 2.75) is 51.8 Å².